The Hall–Kier alpha value is 0.660. The van der Waals surface area contributed by atoms with Crippen molar-refractivity contribution in [2.24, 2.45) is 0 Å². The van der Waals surface area contributed by atoms with Gasteiger partial charge >= 0.3 is 0 Å². The molecule has 0 aliphatic rings. The molecule has 0 saturated carbocycles. The third-order valence-electron chi connectivity index (χ3n) is 2.32. The molecule has 0 saturated heterocycles. The Morgan fingerprint density at radius 2 is 1.20 bits per heavy atom. The highest BCUT2D eigenvalue weighted by Gasteiger charge is 1.96. The van der Waals surface area contributed by atoms with Gasteiger partial charge in [0.1, 0.15) is 0 Å². The summed E-state index contributed by atoms with van der Waals surface area (Å²) in [7, 11) is 0. The van der Waals surface area contributed by atoms with Gasteiger partial charge in [0.15, 0.2) is 0 Å². The van der Waals surface area contributed by atoms with Crippen LogP contribution in [0.4, 0.5) is 0 Å². The van der Waals surface area contributed by atoms with E-state index in [1.807, 2.05) is 0 Å². The Kier molecular flexibility index (Phi) is 11.6. The fraction of sp³-hybridized carbons (Fsp3) is 1.00. The highest BCUT2D eigenvalue weighted by molar-refractivity contribution is 7.81. The minimum absolute atomic E-state index is 0.530. The van der Waals surface area contributed by atoms with Crippen LogP contribution in [0.1, 0.15) is 52.4 Å². The second-order valence-electron chi connectivity index (χ2n) is 4.30. The summed E-state index contributed by atoms with van der Waals surface area (Å²) in [6, 6.07) is 0. The molecule has 0 aromatic carbocycles. The Balaban J connectivity index is 2.93. The van der Waals surface area contributed by atoms with Crippen LogP contribution < -0.4 is 0 Å². The lowest BCUT2D eigenvalue weighted by atomic mass is 10.2. The molecule has 0 bridgehead atoms. The molecule has 0 aliphatic heterocycles. The summed E-state index contributed by atoms with van der Waals surface area (Å²) in [6.07, 6.45) is 7.21. The molecular weight excluding hydrogens is 224 g/mol. The number of rotatable bonds is 10. The zero-order valence-corrected chi connectivity index (χ0v) is 11.9. The molecule has 0 fully saturated rings. The quantitative estimate of drug-likeness (QED) is 0.440. The average molecular weight is 250 g/mol. The summed E-state index contributed by atoms with van der Waals surface area (Å²) in [5, 5.41) is 1.06. The first-order valence-corrected chi connectivity index (χ1v) is 7.10. The average Bonchev–Trinajstić information content (AvgIpc) is 2.14. The van der Waals surface area contributed by atoms with Crippen LogP contribution in [-0.4, -0.2) is 23.7 Å². The van der Waals surface area contributed by atoms with Gasteiger partial charge in [-0.25, -0.2) is 0 Å². The van der Waals surface area contributed by atoms with Gasteiger partial charge in [0, 0.05) is 13.2 Å². The molecule has 0 spiro atoms. The van der Waals surface area contributed by atoms with Gasteiger partial charge in [-0.2, -0.15) is 25.3 Å². The van der Waals surface area contributed by atoms with Crippen LogP contribution in [0.3, 0.4) is 0 Å². The molecule has 2 atom stereocenters. The van der Waals surface area contributed by atoms with Crippen LogP contribution in [0.2, 0.25) is 0 Å². The van der Waals surface area contributed by atoms with Gasteiger partial charge in [-0.1, -0.05) is 26.7 Å². The number of unbranched alkanes of at least 4 members (excludes halogenated alkanes) is 2. The fourth-order valence-electron chi connectivity index (χ4n) is 1.39. The predicted molar refractivity (Wildman–Crippen MR) is 75.4 cm³/mol. The maximum Gasteiger partial charge on any atom is 0.0466 e. The number of thiol groups is 2. The van der Waals surface area contributed by atoms with E-state index in [1.54, 1.807) is 0 Å². The Labute approximate surface area is 106 Å². The highest BCUT2D eigenvalue weighted by atomic mass is 32.1. The minimum atomic E-state index is 0.530. The summed E-state index contributed by atoms with van der Waals surface area (Å²) < 4.78 is 5.55. The van der Waals surface area contributed by atoms with Crippen molar-refractivity contribution in [2.75, 3.05) is 13.2 Å². The highest BCUT2D eigenvalue weighted by Crippen LogP contribution is 2.07. The van der Waals surface area contributed by atoms with Crippen molar-refractivity contribution in [3.05, 3.63) is 0 Å². The maximum absolute atomic E-state index is 5.55. The molecule has 0 N–H and O–H groups in total. The molecule has 1 nitrogen and oxygen atoms in total. The Bertz CT molecular complexity index is 113. The summed E-state index contributed by atoms with van der Waals surface area (Å²) >= 11 is 8.68. The third kappa shape index (κ3) is 14.7. The van der Waals surface area contributed by atoms with Crippen LogP contribution in [0.15, 0.2) is 0 Å². The predicted octanol–water partition coefficient (Wildman–Crippen LogP) is 3.98. The van der Waals surface area contributed by atoms with E-state index in [2.05, 4.69) is 39.1 Å². The molecule has 0 aliphatic carbocycles. The standard InChI is InChI=1S/C12H26OS2/c1-11(14)7-3-5-9-13-10-6-4-8-12(2)15/h11-12,14-15H,3-10H2,1-2H3. The topological polar surface area (TPSA) is 9.23 Å². The van der Waals surface area contributed by atoms with E-state index in [9.17, 15) is 0 Å². The monoisotopic (exact) mass is 250 g/mol. The van der Waals surface area contributed by atoms with Crippen molar-refractivity contribution in [3.63, 3.8) is 0 Å². The molecule has 0 radical (unpaired) electrons. The van der Waals surface area contributed by atoms with Crippen molar-refractivity contribution < 1.29 is 4.74 Å². The van der Waals surface area contributed by atoms with Gasteiger partial charge in [-0.3, -0.25) is 0 Å². The van der Waals surface area contributed by atoms with Gasteiger partial charge in [0.2, 0.25) is 0 Å². The molecular formula is C12H26OS2. The summed E-state index contributed by atoms with van der Waals surface area (Å²) in [4.78, 5) is 0. The summed E-state index contributed by atoms with van der Waals surface area (Å²) in [6.45, 7) is 6.11. The maximum atomic E-state index is 5.55. The summed E-state index contributed by atoms with van der Waals surface area (Å²) in [5.74, 6) is 0. The van der Waals surface area contributed by atoms with Gasteiger partial charge < -0.3 is 4.74 Å². The van der Waals surface area contributed by atoms with Crippen molar-refractivity contribution in [1.29, 1.82) is 0 Å². The van der Waals surface area contributed by atoms with E-state index in [0.717, 1.165) is 13.2 Å². The normalized spacial score (nSPS) is 15.2. The van der Waals surface area contributed by atoms with Crippen molar-refractivity contribution in [1.82, 2.24) is 0 Å². The van der Waals surface area contributed by atoms with E-state index >= 15 is 0 Å². The lowest BCUT2D eigenvalue weighted by molar-refractivity contribution is 0.126. The number of ether oxygens (including phenoxy) is 1. The second-order valence-corrected chi connectivity index (χ2v) is 6.07. The second kappa shape index (κ2) is 11.2. The van der Waals surface area contributed by atoms with E-state index in [4.69, 9.17) is 4.74 Å². The molecule has 2 unspecified atom stereocenters. The Morgan fingerprint density at radius 3 is 1.53 bits per heavy atom. The number of hydrogen-bond acceptors (Lipinski definition) is 3. The molecule has 92 valence electrons. The van der Waals surface area contributed by atoms with Gasteiger partial charge in [-0.15, -0.1) is 0 Å². The molecule has 0 heterocycles. The fourth-order valence-corrected chi connectivity index (χ4v) is 1.75. The van der Waals surface area contributed by atoms with Crippen LogP contribution in [0.25, 0.3) is 0 Å². The SMILES string of the molecule is CC(S)CCCCOCCCCC(C)S. The van der Waals surface area contributed by atoms with E-state index in [0.29, 0.717) is 10.5 Å². The van der Waals surface area contributed by atoms with Crippen LogP contribution >= 0.6 is 25.3 Å². The molecule has 0 aromatic heterocycles. The van der Waals surface area contributed by atoms with Crippen molar-refractivity contribution in [2.45, 2.75) is 62.9 Å². The largest absolute Gasteiger partial charge is 0.381 e. The molecule has 15 heavy (non-hydrogen) atoms. The first-order chi connectivity index (χ1) is 7.13. The van der Waals surface area contributed by atoms with Gasteiger partial charge in [-0.05, 0) is 36.2 Å². The number of hydrogen-bond donors (Lipinski definition) is 2. The third-order valence-corrected chi connectivity index (χ3v) is 2.84. The minimum Gasteiger partial charge on any atom is -0.381 e. The molecule has 0 rings (SSSR count). The zero-order chi connectivity index (χ0) is 11.5. The van der Waals surface area contributed by atoms with E-state index < -0.39 is 0 Å². The van der Waals surface area contributed by atoms with Crippen molar-refractivity contribution >= 4 is 25.3 Å². The summed E-state index contributed by atoms with van der Waals surface area (Å²) in [5.41, 5.74) is 0. The van der Waals surface area contributed by atoms with Gasteiger partial charge in [0.05, 0.1) is 0 Å². The first-order valence-electron chi connectivity index (χ1n) is 6.06. The van der Waals surface area contributed by atoms with Crippen molar-refractivity contribution in [3.8, 4) is 0 Å². The molecule has 3 heteroatoms. The van der Waals surface area contributed by atoms with Crippen LogP contribution in [0.5, 0.6) is 0 Å². The van der Waals surface area contributed by atoms with Crippen LogP contribution in [0, 0.1) is 0 Å². The van der Waals surface area contributed by atoms with E-state index in [1.165, 1.54) is 38.5 Å². The lowest BCUT2D eigenvalue weighted by Crippen LogP contribution is -2.00. The first kappa shape index (κ1) is 15.7. The molecule has 0 amide bonds. The zero-order valence-electron chi connectivity index (χ0n) is 10.1. The smallest absolute Gasteiger partial charge is 0.0466 e. The molecule has 0 aromatic rings. The van der Waals surface area contributed by atoms with Crippen LogP contribution in [-0.2, 0) is 4.74 Å². The lowest BCUT2D eigenvalue weighted by Gasteiger charge is -2.06. The van der Waals surface area contributed by atoms with Gasteiger partial charge in [0.25, 0.3) is 0 Å². The Morgan fingerprint density at radius 1 is 0.800 bits per heavy atom. The van der Waals surface area contributed by atoms with E-state index in [-0.39, 0.29) is 0 Å².